The number of hydrogen-bond donors (Lipinski definition) is 1. The fourth-order valence-corrected chi connectivity index (χ4v) is 2.86. The number of carbonyl (C=O) groups is 1. The van der Waals surface area contributed by atoms with Crippen molar-refractivity contribution in [3.63, 3.8) is 0 Å². The summed E-state index contributed by atoms with van der Waals surface area (Å²) >= 11 is 0. The molecule has 1 N–H and O–H groups in total. The van der Waals surface area contributed by atoms with Gasteiger partial charge in [-0.1, -0.05) is 30.3 Å². The fraction of sp³-hybridized carbons (Fsp3) is 0.227. The summed E-state index contributed by atoms with van der Waals surface area (Å²) in [5.41, 5.74) is 2.54. The van der Waals surface area contributed by atoms with Crippen LogP contribution in [0.15, 0.2) is 60.7 Å². The molecule has 5 heteroatoms. The van der Waals surface area contributed by atoms with Crippen LogP contribution in [0.3, 0.4) is 0 Å². The molecule has 0 radical (unpaired) electrons. The highest BCUT2D eigenvalue weighted by Crippen LogP contribution is 2.24. The van der Waals surface area contributed by atoms with Crippen molar-refractivity contribution >= 4 is 23.1 Å². The lowest BCUT2D eigenvalue weighted by Gasteiger charge is -2.21. The summed E-state index contributed by atoms with van der Waals surface area (Å²) in [5.74, 6) is 2.35. The monoisotopic (exact) mass is 360 g/mol. The van der Waals surface area contributed by atoms with E-state index in [4.69, 9.17) is 9.97 Å². The van der Waals surface area contributed by atoms with Gasteiger partial charge in [-0.3, -0.25) is 4.79 Å². The molecule has 0 saturated carbocycles. The molecule has 3 aromatic rings. The molecule has 0 amide bonds. The van der Waals surface area contributed by atoms with Gasteiger partial charge in [0.15, 0.2) is 11.6 Å². The van der Waals surface area contributed by atoms with Gasteiger partial charge in [-0.05, 0) is 45.0 Å². The van der Waals surface area contributed by atoms with E-state index in [9.17, 15) is 4.79 Å². The van der Waals surface area contributed by atoms with Gasteiger partial charge in [0.1, 0.15) is 11.6 Å². The molecule has 0 aliphatic carbocycles. The van der Waals surface area contributed by atoms with Gasteiger partial charge in [0.25, 0.3) is 0 Å². The molecule has 0 fully saturated rings. The lowest BCUT2D eigenvalue weighted by atomic mass is 10.1. The number of benzene rings is 2. The number of rotatable bonds is 7. The first-order valence-electron chi connectivity index (χ1n) is 9.18. The average Bonchev–Trinajstić information content (AvgIpc) is 2.70. The Kier molecular flexibility index (Phi) is 5.81. The highest BCUT2D eigenvalue weighted by Gasteiger charge is 2.11. The summed E-state index contributed by atoms with van der Waals surface area (Å²) in [6.45, 7) is 7.53. The smallest absolute Gasteiger partial charge is 0.163 e. The van der Waals surface area contributed by atoms with Gasteiger partial charge in [0.05, 0.1) is 0 Å². The number of anilines is 3. The Morgan fingerprint density at radius 1 is 0.963 bits per heavy atom. The molecule has 1 heterocycles. The predicted octanol–water partition coefficient (Wildman–Crippen LogP) is 4.94. The Balaban J connectivity index is 1.98. The molecular weight excluding hydrogens is 336 g/mol. The number of hydrogen-bond acceptors (Lipinski definition) is 5. The standard InChI is InChI=1S/C22H24N4O/c1-4-26(5-2)21-15-20(23-19-13-11-17(12-14-19)16(3)27)24-22(25-21)18-9-7-6-8-10-18/h6-15H,4-5H2,1-3H3,(H,23,24,25). The second-order valence-corrected chi connectivity index (χ2v) is 6.23. The summed E-state index contributed by atoms with van der Waals surface area (Å²) < 4.78 is 0. The van der Waals surface area contributed by atoms with Crippen LogP contribution < -0.4 is 10.2 Å². The largest absolute Gasteiger partial charge is 0.357 e. The molecule has 0 unspecified atom stereocenters. The summed E-state index contributed by atoms with van der Waals surface area (Å²) in [6.07, 6.45) is 0. The van der Waals surface area contributed by atoms with Crippen LogP contribution in [-0.4, -0.2) is 28.8 Å². The minimum absolute atomic E-state index is 0.0544. The predicted molar refractivity (Wildman–Crippen MR) is 111 cm³/mol. The van der Waals surface area contributed by atoms with Crippen LogP contribution in [0.4, 0.5) is 17.3 Å². The molecule has 0 bridgehead atoms. The Bertz CT molecular complexity index is 903. The zero-order valence-electron chi connectivity index (χ0n) is 15.9. The van der Waals surface area contributed by atoms with Crippen molar-refractivity contribution in [1.82, 2.24) is 9.97 Å². The highest BCUT2D eigenvalue weighted by molar-refractivity contribution is 5.94. The lowest BCUT2D eigenvalue weighted by Crippen LogP contribution is -2.23. The van der Waals surface area contributed by atoms with Crippen molar-refractivity contribution in [1.29, 1.82) is 0 Å². The summed E-state index contributed by atoms with van der Waals surface area (Å²) in [7, 11) is 0. The number of nitrogens with zero attached hydrogens (tertiary/aromatic N) is 3. The Morgan fingerprint density at radius 2 is 1.63 bits per heavy atom. The number of carbonyl (C=O) groups excluding carboxylic acids is 1. The third-order valence-electron chi connectivity index (χ3n) is 4.40. The summed E-state index contributed by atoms with van der Waals surface area (Å²) in [6, 6.07) is 19.3. The molecule has 0 atom stereocenters. The van der Waals surface area contributed by atoms with Crippen molar-refractivity contribution in [2.45, 2.75) is 20.8 Å². The highest BCUT2D eigenvalue weighted by atomic mass is 16.1. The molecule has 27 heavy (non-hydrogen) atoms. The first kappa shape index (κ1) is 18.6. The maximum atomic E-state index is 11.5. The van der Waals surface area contributed by atoms with Crippen LogP contribution in [0.1, 0.15) is 31.1 Å². The van der Waals surface area contributed by atoms with Gasteiger partial charge in [0.2, 0.25) is 0 Å². The number of nitrogens with one attached hydrogen (secondary N) is 1. The van der Waals surface area contributed by atoms with Crippen molar-refractivity contribution in [2.24, 2.45) is 0 Å². The zero-order valence-corrected chi connectivity index (χ0v) is 15.9. The minimum Gasteiger partial charge on any atom is -0.357 e. The van der Waals surface area contributed by atoms with E-state index in [2.05, 4.69) is 24.1 Å². The minimum atomic E-state index is 0.0544. The molecule has 1 aromatic heterocycles. The van der Waals surface area contributed by atoms with E-state index in [-0.39, 0.29) is 5.78 Å². The van der Waals surface area contributed by atoms with Gasteiger partial charge < -0.3 is 10.2 Å². The molecule has 0 aliphatic heterocycles. The van der Waals surface area contributed by atoms with E-state index in [1.807, 2.05) is 60.7 Å². The molecule has 5 nitrogen and oxygen atoms in total. The SMILES string of the molecule is CCN(CC)c1cc(Nc2ccc(C(C)=O)cc2)nc(-c2ccccc2)n1. The third-order valence-corrected chi connectivity index (χ3v) is 4.40. The topological polar surface area (TPSA) is 58.1 Å². The molecule has 0 aliphatic rings. The maximum Gasteiger partial charge on any atom is 0.163 e. The normalized spacial score (nSPS) is 10.5. The molecule has 0 saturated heterocycles. The zero-order chi connectivity index (χ0) is 19.2. The second kappa shape index (κ2) is 8.45. The van der Waals surface area contributed by atoms with Gasteiger partial charge in [-0.25, -0.2) is 9.97 Å². The van der Waals surface area contributed by atoms with Crippen molar-refractivity contribution in [2.75, 3.05) is 23.3 Å². The van der Waals surface area contributed by atoms with E-state index >= 15 is 0 Å². The quantitative estimate of drug-likeness (QED) is 0.605. The van der Waals surface area contributed by atoms with Crippen molar-refractivity contribution in [3.05, 3.63) is 66.2 Å². The van der Waals surface area contributed by atoms with Crippen molar-refractivity contribution < 1.29 is 4.79 Å². The van der Waals surface area contributed by atoms with E-state index < -0.39 is 0 Å². The van der Waals surface area contributed by atoms with Crippen LogP contribution in [-0.2, 0) is 0 Å². The van der Waals surface area contributed by atoms with E-state index in [1.165, 1.54) is 0 Å². The average molecular weight is 360 g/mol. The molecule has 2 aromatic carbocycles. The first-order chi connectivity index (χ1) is 13.1. The number of aromatic nitrogens is 2. The van der Waals surface area contributed by atoms with Crippen LogP contribution >= 0.6 is 0 Å². The van der Waals surface area contributed by atoms with Crippen LogP contribution in [0.25, 0.3) is 11.4 Å². The van der Waals surface area contributed by atoms with E-state index in [0.29, 0.717) is 11.4 Å². The van der Waals surface area contributed by atoms with Crippen molar-refractivity contribution in [3.8, 4) is 11.4 Å². The first-order valence-corrected chi connectivity index (χ1v) is 9.18. The van der Waals surface area contributed by atoms with E-state index in [0.717, 1.165) is 36.0 Å². The molecule has 3 rings (SSSR count). The lowest BCUT2D eigenvalue weighted by molar-refractivity contribution is 0.101. The summed E-state index contributed by atoms with van der Waals surface area (Å²) in [4.78, 5) is 23.1. The van der Waals surface area contributed by atoms with Gasteiger partial charge >= 0.3 is 0 Å². The fourth-order valence-electron chi connectivity index (χ4n) is 2.86. The Morgan fingerprint density at radius 3 is 2.22 bits per heavy atom. The second-order valence-electron chi connectivity index (χ2n) is 6.23. The summed E-state index contributed by atoms with van der Waals surface area (Å²) in [5, 5.41) is 3.33. The van der Waals surface area contributed by atoms with Crippen LogP contribution in [0.2, 0.25) is 0 Å². The van der Waals surface area contributed by atoms with Crippen LogP contribution in [0, 0.1) is 0 Å². The molecule has 0 spiro atoms. The number of Topliss-reactive ketones (excluding diaryl/α,β-unsaturated/α-hetero) is 1. The number of ketones is 1. The third kappa shape index (κ3) is 4.50. The van der Waals surface area contributed by atoms with Gasteiger partial charge in [0, 0.05) is 36.0 Å². The Hall–Kier alpha value is -3.21. The Labute approximate surface area is 160 Å². The van der Waals surface area contributed by atoms with Gasteiger partial charge in [-0.15, -0.1) is 0 Å². The maximum absolute atomic E-state index is 11.5. The van der Waals surface area contributed by atoms with Gasteiger partial charge in [-0.2, -0.15) is 0 Å². The molecule has 138 valence electrons. The molecular formula is C22H24N4O. The van der Waals surface area contributed by atoms with E-state index in [1.54, 1.807) is 6.92 Å². The van der Waals surface area contributed by atoms with Crippen LogP contribution in [0.5, 0.6) is 0 Å².